The van der Waals surface area contributed by atoms with E-state index in [4.69, 9.17) is 9.47 Å². The highest BCUT2D eigenvalue weighted by Crippen LogP contribution is 2.33. The number of likely N-dealkylation sites (N-methyl/N-ethyl adjacent to an activating group) is 1. The predicted octanol–water partition coefficient (Wildman–Crippen LogP) is 3.30. The Labute approximate surface area is 145 Å². The number of anilines is 1. The highest BCUT2D eigenvalue weighted by atomic mass is 16.5. The molecule has 1 amide bonds. The van der Waals surface area contributed by atoms with Crippen LogP contribution in [0.4, 0.5) is 5.69 Å². The van der Waals surface area contributed by atoms with Crippen molar-refractivity contribution in [1.82, 2.24) is 4.90 Å². The van der Waals surface area contributed by atoms with Gasteiger partial charge in [0.15, 0.2) is 0 Å². The van der Waals surface area contributed by atoms with E-state index < -0.39 is 5.60 Å². The molecule has 0 bridgehead atoms. The number of amides is 1. The monoisotopic (exact) mass is 334 g/mol. The molecule has 0 atom stereocenters. The topological polar surface area (TPSA) is 50.8 Å². The smallest absolute Gasteiger partial charge is 0.256 e. The molecule has 1 saturated carbocycles. The molecule has 1 aromatic carbocycles. The van der Waals surface area contributed by atoms with Crippen molar-refractivity contribution in [1.29, 1.82) is 0 Å². The van der Waals surface area contributed by atoms with Crippen LogP contribution in [0.3, 0.4) is 0 Å². The molecule has 5 nitrogen and oxygen atoms in total. The maximum atomic E-state index is 12.5. The summed E-state index contributed by atoms with van der Waals surface area (Å²) in [6.07, 6.45) is 3.67. The summed E-state index contributed by atoms with van der Waals surface area (Å²) in [5, 5.41) is 2.97. The molecular weight excluding hydrogens is 304 g/mol. The molecule has 134 valence electrons. The van der Waals surface area contributed by atoms with E-state index in [0.717, 1.165) is 56.8 Å². The number of benzene rings is 1. The Morgan fingerprint density at radius 3 is 2.33 bits per heavy atom. The molecule has 0 heterocycles. The summed E-state index contributed by atoms with van der Waals surface area (Å²) < 4.78 is 11.3. The number of nitrogens with zero attached hydrogens (tertiary/aromatic N) is 1. The first-order valence-corrected chi connectivity index (χ1v) is 8.95. The predicted molar refractivity (Wildman–Crippen MR) is 96.6 cm³/mol. The van der Waals surface area contributed by atoms with E-state index in [1.165, 1.54) is 0 Å². The Bertz CT molecular complexity index is 506. The number of hydrogen-bond acceptors (Lipinski definition) is 4. The number of hydrogen-bond donors (Lipinski definition) is 1. The van der Waals surface area contributed by atoms with Gasteiger partial charge in [0.1, 0.15) is 18.0 Å². The van der Waals surface area contributed by atoms with Gasteiger partial charge in [0.05, 0.1) is 0 Å². The lowest BCUT2D eigenvalue weighted by Gasteiger charge is -2.26. The quantitative estimate of drug-likeness (QED) is 0.753. The summed E-state index contributed by atoms with van der Waals surface area (Å²) in [4.78, 5) is 14.8. The molecule has 2 rings (SSSR count). The Balaban J connectivity index is 1.84. The van der Waals surface area contributed by atoms with Gasteiger partial charge in [-0.3, -0.25) is 4.79 Å². The van der Waals surface area contributed by atoms with E-state index in [2.05, 4.69) is 24.1 Å². The van der Waals surface area contributed by atoms with Crippen molar-refractivity contribution < 1.29 is 14.3 Å². The first-order chi connectivity index (χ1) is 11.6. The maximum absolute atomic E-state index is 12.5. The molecule has 24 heavy (non-hydrogen) atoms. The van der Waals surface area contributed by atoms with E-state index in [1.807, 2.05) is 24.3 Å². The third-order valence-corrected chi connectivity index (χ3v) is 4.90. The first-order valence-electron chi connectivity index (χ1n) is 8.95. The minimum atomic E-state index is -0.654. The van der Waals surface area contributed by atoms with Crippen LogP contribution in [-0.4, -0.2) is 49.8 Å². The maximum Gasteiger partial charge on any atom is 0.256 e. The highest BCUT2D eigenvalue weighted by molar-refractivity contribution is 5.97. The van der Waals surface area contributed by atoms with Crippen molar-refractivity contribution in [3.8, 4) is 5.75 Å². The lowest BCUT2D eigenvalue weighted by atomic mass is 10.0. The number of carbonyl (C=O) groups excluding carboxylic acids is 1. The molecular formula is C19H30N2O3. The first kappa shape index (κ1) is 18.7. The van der Waals surface area contributed by atoms with Gasteiger partial charge in [0.25, 0.3) is 5.91 Å². The van der Waals surface area contributed by atoms with Gasteiger partial charge in [-0.05, 0) is 63.0 Å². The molecule has 1 aliphatic rings. The van der Waals surface area contributed by atoms with Gasteiger partial charge in [-0.15, -0.1) is 0 Å². The van der Waals surface area contributed by atoms with Gasteiger partial charge in [-0.25, -0.2) is 0 Å². The van der Waals surface area contributed by atoms with Crippen LogP contribution in [0.15, 0.2) is 24.3 Å². The Kier molecular flexibility index (Phi) is 7.06. The van der Waals surface area contributed by atoms with Crippen LogP contribution in [0.5, 0.6) is 5.75 Å². The number of nitrogens with one attached hydrogen (secondary N) is 1. The molecule has 1 aliphatic carbocycles. The van der Waals surface area contributed by atoms with Gasteiger partial charge in [0, 0.05) is 19.3 Å². The Morgan fingerprint density at radius 1 is 1.17 bits per heavy atom. The molecule has 1 fully saturated rings. The zero-order chi connectivity index (χ0) is 17.4. The summed E-state index contributed by atoms with van der Waals surface area (Å²) in [5.41, 5.74) is 0.123. The SMILES string of the molecule is CCN(CC)CCOc1ccc(NC(=O)C2(OC)CCCC2)cc1. The second kappa shape index (κ2) is 9.04. The van der Waals surface area contributed by atoms with Crippen molar-refractivity contribution in [2.24, 2.45) is 0 Å². The summed E-state index contributed by atoms with van der Waals surface area (Å²) in [5.74, 6) is 0.778. The molecule has 0 aliphatic heterocycles. The molecule has 0 saturated heterocycles. The minimum absolute atomic E-state index is 0.0438. The van der Waals surface area contributed by atoms with Crippen molar-refractivity contribution in [2.45, 2.75) is 45.1 Å². The van der Waals surface area contributed by atoms with Crippen LogP contribution in [0.25, 0.3) is 0 Å². The summed E-state index contributed by atoms with van der Waals surface area (Å²) in [6, 6.07) is 7.55. The highest BCUT2D eigenvalue weighted by Gasteiger charge is 2.41. The largest absolute Gasteiger partial charge is 0.492 e. The number of carbonyl (C=O) groups is 1. The molecule has 5 heteroatoms. The van der Waals surface area contributed by atoms with Crippen LogP contribution in [0, 0.1) is 0 Å². The van der Waals surface area contributed by atoms with Crippen molar-refractivity contribution in [3.63, 3.8) is 0 Å². The van der Waals surface area contributed by atoms with Crippen LogP contribution in [0.1, 0.15) is 39.5 Å². The molecule has 0 aromatic heterocycles. The average molecular weight is 334 g/mol. The van der Waals surface area contributed by atoms with Crippen molar-refractivity contribution in [3.05, 3.63) is 24.3 Å². The zero-order valence-corrected chi connectivity index (χ0v) is 15.1. The third kappa shape index (κ3) is 4.71. The van der Waals surface area contributed by atoms with Gasteiger partial charge < -0.3 is 19.7 Å². The third-order valence-electron chi connectivity index (χ3n) is 4.90. The van der Waals surface area contributed by atoms with Gasteiger partial charge in [0.2, 0.25) is 0 Å². The lowest BCUT2D eigenvalue weighted by Crippen LogP contribution is -2.42. The lowest BCUT2D eigenvalue weighted by molar-refractivity contribution is -0.136. The number of ether oxygens (including phenoxy) is 2. The van der Waals surface area contributed by atoms with E-state index in [1.54, 1.807) is 7.11 Å². The normalized spacial score (nSPS) is 16.3. The summed E-state index contributed by atoms with van der Waals surface area (Å²) in [7, 11) is 1.62. The van der Waals surface area contributed by atoms with Crippen molar-refractivity contribution in [2.75, 3.05) is 38.7 Å². The van der Waals surface area contributed by atoms with Gasteiger partial charge in [-0.1, -0.05) is 13.8 Å². The molecule has 0 spiro atoms. The Morgan fingerprint density at radius 2 is 1.79 bits per heavy atom. The van der Waals surface area contributed by atoms with Gasteiger partial charge in [-0.2, -0.15) is 0 Å². The average Bonchev–Trinajstić information content (AvgIpc) is 3.10. The molecule has 1 aromatic rings. The van der Waals surface area contributed by atoms with Gasteiger partial charge >= 0.3 is 0 Å². The van der Waals surface area contributed by atoms with Crippen LogP contribution < -0.4 is 10.1 Å². The van der Waals surface area contributed by atoms with Crippen LogP contribution >= 0.6 is 0 Å². The van der Waals surface area contributed by atoms with E-state index in [9.17, 15) is 4.79 Å². The number of methoxy groups -OCH3 is 1. The molecule has 0 unspecified atom stereocenters. The second-order valence-corrected chi connectivity index (χ2v) is 6.26. The van der Waals surface area contributed by atoms with Crippen LogP contribution in [0.2, 0.25) is 0 Å². The fourth-order valence-corrected chi connectivity index (χ4v) is 3.18. The van der Waals surface area contributed by atoms with E-state index in [0.29, 0.717) is 6.61 Å². The van der Waals surface area contributed by atoms with Crippen molar-refractivity contribution >= 4 is 11.6 Å². The van der Waals surface area contributed by atoms with Crippen LogP contribution in [-0.2, 0) is 9.53 Å². The second-order valence-electron chi connectivity index (χ2n) is 6.26. The molecule has 1 N–H and O–H groups in total. The zero-order valence-electron chi connectivity index (χ0n) is 15.1. The number of rotatable bonds is 9. The minimum Gasteiger partial charge on any atom is -0.492 e. The van der Waals surface area contributed by atoms with E-state index >= 15 is 0 Å². The summed E-state index contributed by atoms with van der Waals surface area (Å²) >= 11 is 0. The summed E-state index contributed by atoms with van der Waals surface area (Å²) in [6.45, 7) is 7.95. The fraction of sp³-hybridized carbons (Fsp3) is 0.632. The fourth-order valence-electron chi connectivity index (χ4n) is 3.18. The standard InChI is InChI=1S/C19H30N2O3/c1-4-21(5-2)14-15-24-17-10-8-16(9-11-17)20-18(22)19(23-3)12-6-7-13-19/h8-11H,4-7,12-15H2,1-3H3,(H,20,22). The Hall–Kier alpha value is -1.59. The van der Waals surface area contributed by atoms with E-state index in [-0.39, 0.29) is 5.91 Å². The molecule has 0 radical (unpaired) electrons.